The quantitative estimate of drug-likeness (QED) is 0.472. The predicted molar refractivity (Wildman–Crippen MR) is 55.1 cm³/mol. The average Bonchev–Trinajstić information content (AvgIpc) is 2.01. The minimum Gasteiger partial charge on any atom is -0.462 e. The molecule has 0 spiro atoms. The fourth-order valence-electron chi connectivity index (χ4n) is 1.07. The number of hydrogen-bond acceptors (Lipinski definition) is 4. The second kappa shape index (κ2) is 6.40. The van der Waals surface area contributed by atoms with Gasteiger partial charge in [-0.25, -0.2) is 4.79 Å². The van der Waals surface area contributed by atoms with Crippen LogP contribution < -0.4 is 0 Å². The summed E-state index contributed by atoms with van der Waals surface area (Å²) in [4.78, 5) is 21.7. The number of rotatable bonds is 6. The van der Waals surface area contributed by atoms with Gasteiger partial charge in [-0.15, -0.1) is 0 Å². The molecular formula is C10H20NO4+. The first-order chi connectivity index (χ1) is 6.87. The molecule has 0 amide bonds. The highest BCUT2D eigenvalue weighted by Gasteiger charge is 2.20. The Hall–Kier alpha value is -1.10. The van der Waals surface area contributed by atoms with Crippen molar-refractivity contribution in [1.29, 1.82) is 0 Å². The Balaban J connectivity index is 3.85. The maximum absolute atomic E-state index is 11.2. The third-order valence-corrected chi connectivity index (χ3v) is 1.86. The lowest BCUT2D eigenvalue weighted by atomic mass is 10.4. The monoisotopic (exact) mass is 218 g/mol. The van der Waals surface area contributed by atoms with Gasteiger partial charge in [-0.05, 0) is 6.92 Å². The van der Waals surface area contributed by atoms with Gasteiger partial charge in [0.2, 0.25) is 0 Å². The van der Waals surface area contributed by atoms with E-state index in [1.165, 1.54) is 6.92 Å². The summed E-state index contributed by atoms with van der Waals surface area (Å²) in [5.41, 5.74) is 0. The third-order valence-electron chi connectivity index (χ3n) is 1.86. The molecule has 0 atom stereocenters. The Morgan fingerprint density at radius 3 is 2.27 bits per heavy atom. The third kappa shape index (κ3) is 7.93. The molecule has 15 heavy (non-hydrogen) atoms. The zero-order valence-corrected chi connectivity index (χ0v) is 9.91. The minimum atomic E-state index is -0.300. The Morgan fingerprint density at radius 2 is 1.80 bits per heavy atom. The highest BCUT2D eigenvalue weighted by Crippen LogP contribution is 1.98. The number of quaternary nitrogens is 1. The highest BCUT2D eigenvalue weighted by molar-refractivity contribution is 5.70. The molecule has 0 fully saturated rings. The largest absolute Gasteiger partial charge is 0.462 e. The van der Waals surface area contributed by atoms with Crippen LogP contribution in [0.4, 0.5) is 0 Å². The molecule has 0 saturated heterocycles. The second-order valence-corrected chi connectivity index (χ2v) is 3.96. The molecular weight excluding hydrogens is 198 g/mol. The van der Waals surface area contributed by atoms with E-state index in [2.05, 4.69) is 0 Å². The zero-order chi connectivity index (χ0) is 11.9. The van der Waals surface area contributed by atoms with Crippen molar-refractivity contribution >= 4 is 11.9 Å². The van der Waals surface area contributed by atoms with Crippen molar-refractivity contribution in [2.75, 3.05) is 40.4 Å². The van der Waals surface area contributed by atoms with E-state index in [0.29, 0.717) is 24.2 Å². The SMILES string of the molecule is CCOC(=O)C[N+](C)(C)CCOC(C)=O. The number of likely N-dealkylation sites (N-methyl/N-ethyl adjacent to an activating group) is 1. The van der Waals surface area contributed by atoms with Crippen molar-refractivity contribution in [3.05, 3.63) is 0 Å². The van der Waals surface area contributed by atoms with Crippen molar-refractivity contribution < 1.29 is 23.5 Å². The fourth-order valence-corrected chi connectivity index (χ4v) is 1.07. The molecule has 0 bridgehead atoms. The normalized spacial score (nSPS) is 10.9. The van der Waals surface area contributed by atoms with Crippen LogP contribution in [-0.4, -0.2) is 56.8 Å². The first-order valence-corrected chi connectivity index (χ1v) is 4.98. The summed E-state index contributed by atoms with van der Waals surface area (Å²) in [5.74, 6) is -0.531. The van der Waals surface area contributed by atoms with E-state index in [4.69, 9.17) is 9.47 Å². The number of carbonyl (C=O) groups excluding carboxylic acids is 2. The van der Waals surface area contributed by atoms with E-state index >= 15 is 0 Å². The van der Waals surface area contributed by atoms with Crippen molar-refractivity contribution in [1.82, 2.24) is 0 Å². The summed E-state index contributed by atoms with van der Waals surface area (Å²) in [6.07, 6.45) is 0. The number of esters is 2. The van der Waals surface area contributed by atoms with E-state index in [0.717, 1.165) is 0 Å². The Kier molecular flexibility index (Phi) is 5.93. The van der Waals surface area contributed by atoms with Crippen LogP contribution in [0, 0.1) is 0 Å². The van der Waals surface area contributed by atoms with Gasteiger partial charge in [-0.2, -0.15) is 0 Å². The molecule has 0 aromatic heterocycles. The summed E-state index contributed by atoms with van der Waals surface area (Å²) in [7, 11) is 3.78. The van der Waals surface area contributed by atoms with Gasteiger partial charge in [0, 0.05) is 6.92 Å². The van der Waals surface area contributed by atoms with Gasteiger partial charge in [0.05, 0.1) is 20.7 Å². The Morgan fingerprint density at radius 1 is 1.20 bits per heavy atom. The molecule has 0 N–H and O–H groups in total. The molecule has 5 nitrogen and oxygen atoms in total. The van der Waals surface area contributed by atoms with E-state index in [-0.39, 0.29) is 18.5 Å². The molecule has 5 heteroatoms. The predicted octanol–water partition coefficient (Wildman–Crippen LogP) is 0.189. The van der Waals surface area contributed by atoms with E-state index < -0.39 is 0 Å². The average molecular weight is 218 g/mol. The maximum Gasteiger partial charge on any atom is 0.361 e. The van der Waals surface area contributed by atoms with Gasteiger partial charge in [0.15, 0.2) is 6.54 Å². The van der Waals surface area contributed by atoms with Gasteiger partial charge in [0.25, 0.3) is 0 Å². The highest BCUT2D eigenvalue weighted by atomic mass is 16.5. The maximum atomic E-state index is 11.2. The molecule has 0 aromatic rings. The molecule has 0 heterocycles. The van der Waals surface area contributed by atoms with Crippen LogP contribution in [0.5, 0.6) is 0 Å². The lowest BCUT2D eigenvalue weighted by Gasteiger charge is -2.27. The molecule has 88 valence electrons. The molecule has 0 saturated carbocycles. The molecule has 0 aliphatic carbocycles. The van der Waals surface area contributed by atoms with Crippen LogP contribution in [0.3, 0.4) is 0 Å². The second-order valence-electron chi connectivity index (χ2n) is 3.96. The summed E-state index contributed by atoms with van der Waals surface area (Å²) >= 11 is 0. The Bertz CT molecular complexity index is 225. The lowest BCUT2D eigenvalue weighted by Crippen LogP contribution is -2.46. The number of ether oxygens (including phenoxy) is 2. The minimum absolute atomic E-state index is 0.231. The molecule has 0 aliphatic rings. The zero-order valence-electron chi connectivity index (χ0n) is 9.91. The van der Waals surface area contributed by atoms with Crippen LogP contribution >= 0.6 is 0 Å². The van der Waals surface area contributed by atoms with Crippen LogP contribution in [0.25, 0.3) is 0 Å². The summed E-state index contributed by atoms with van der Waals surface area (Å²) in [5, 5.41) is 0. The standard InChI is InChI=1S/C10H20NO4/c1-5-14-10(13)8-11(3,4)6-7-15-9(2)12/h5-8H2,1-4H3/q+1. The summed E-state index contributed by atoms with van der Waals surface area (Å²) in [6, 6.07) is 0. The fraction of sp³-hybridized carbons (Fsp3) is 0.800. The van der Waals surface area contributed by atoms with Crippen LogP contribution in [0.1, 0.15) is 13.8 Å². The number of hydrogen-bond donors (Lipinski definition) is 0. The van der Waals surface area contributed by atoms with Gasteiger partial charge < -0.3 is 14.0 Å². The van der Waals surface area contributed by atoms with Gasteiger partial charge in [0.1, 0.15) is 13.2 Å². The molecule has 0 aromatic carbocycles. The van der Waals surface area contributed by atoms with Crippen LogP contribution in [0.2, 0.25) is 0 Å². The smallest absolute Gasteiger partial charge is 0.361 e. The number of nitrogens with zero attached hydrogens (tertiary/aromatic N) is 1. The van der Waals surface area contributed by atoms with Crippen molar-refractivity contribution in [3.8, 4) is 0 Å². The van der Waals surface area contributed by atoms with Crippen molar-refractivity contribution in [3.63, 3.8) is 0 Å². The molecule has 0 radical (unpaired) electrons. The summed E-state index contributed by atoms with van der Waals surface area (Å²) < 4.78 is 10.1. The van der Waals surface area contributed by atoms with E-state index in [9.17, 15) is 9.59 Å². The van der Waals surface area contributed by atoms with Crippen LogP contribution in [-0.2, 0) is 19.1 Å². The molecule has 0 rings (SSSR count). The van der Waals surface area contributed by atoms with Crippen molar-refractivity contribution in [2.45, 2.75) is 13.8 Å². The number of carbonyl (C=O) groups is 2. The van der Waals surface area contributed by atoms with Gasteiger partial charge >= 0.3 is 11.9 Å². The Labute approximate surface area is 90.5 Å². The molecule has 0 unspecified atom stereocenters. The first-order valence-electron chi connectivity index (χ1n) is 4.98. The lowest BCUT2D eigenvalue weighted by molar-refractivity contribution is -0.883. The summed E-state index contributed by atoms with van der Waals surface area (Å²) in [6.45, 7) is 4.74. The van der Waals surface area contributed by atoms with Gasteiger partial charge in [-0.3, -0.25) is 4.79 Å². The molecule has 0 aliphatic heterocycles. The van der Waals surface area contributed by atoms with Crippen LogP contribution in [0.15, 0.2) is 0 Å². The van der Waals surface area contributed by atoms with Crippen molar-refractivity contribution in [2.24, 2.45) is 0 Å². The van der Waals surface area contributed by atoms with Gasteiger partial charge in [-0.1, -0.05) is 0 Å². The topological polar surface area (TPSA) is 52.6 Å². The van der Waals surface area contributed by atoms with E-state index in [1.54, 1.807) is 6.92 Å². The first kappa shape index (κ1) is 13.9. The van der Waals surface area contributed by atoms with E-state index in [1.807, 2.05) is 14.1 Å².